The molecule has 3 aromatic rings. The first-order valence-electron chi connectivity index (χ1n) is 12.4. The number of nitrogens with zero attached hydrogens (tertiary/aromatic N) is 3. The first kappa shape index (κ1) is 25.4. The van der Waals surface area contributed by atoms with Gasteiger partial charge in [-0.3, -0.25) is 9.59 Å². The van der Waals surface area contributed by atoms with Crippen molar-refractivity contribution < 1.29 is 18.7 Å². The number of aromatic nitrogens is 2. The van der Waals surface area contributed by atoms with Crippen molar-refractivity contribution in [3.05, 3.63) is 77.4 Å². The minimum Gasteiger partial charge on any atom is -0.484 e. The van der Waals surface area contributed by atoms with Gasteiger partial charge in [0, 0.05) is 28.9 Å². The SMILES string of the molecule is Cc1c(C(C)NC(=O)c2ccc(OCC(=O)N3C(C)CCCC3C)cc2)cnn1-c1ccc(F)cc1. The van der Waals surface area contributed by atoms with Gasteiger partial charge in [-0.1, -0.05) is 0 Å². The zero-order valence-electron chi connectivity index (χ0n) is 21.2. The van der Waals surface area contributed by atoms with Gasteiger partial charge in [-0.05, 0) is 95.5 Å². The van der Waals surface area contributed by atoms with Crippen molar-refractivity contribution in [3.63, 3.8) is 0 Å². The van der Waals surface area contributed by atoms with Crippen molar-refractivity contribution in [1.82, 2.24) is 20.0 Å². The van der Waals surface area contributed by atoms with Crippen LogP contribution in [0.4, 0.5) is 4.39 Å². The van der Waals surface area contributed by atoms with Crippen molar-refractivity contribution in [1.29, 1.82) is 0 Å². The lowest BCUT2D eigenvalue weighted by Crippen LogP contribution is -2.49. The summed E-state index contributed by atoms with van der Waals surface area (Å²) in [5.74, 6) is -0.00256. The fourth-order valence-electron chi connectivity index (χ4n) is 4.88. The zero-order chi connectivity index (χ0) is 25.8. The highest BCUT2D eigenvalue weighted by Crippen LogP contribution is 2.24. The van der Waals surface area contributed by atoms with Crippen LogP contribution in [0, 0.1) is 12.7 Å². The predicted molar refractivity (Wildman–Crippen MR) is 136 cm³/mol. The molecule has 190 valence electrons. The highest BCUT2D eigenvalue weighted by Gasteiger charge is 2.29. The van der Waals surface area contributed by atoms with Gasteiger partial charge in [0.1, 0.15) is 11.6 Å². The number of carbonyl (C=O) groups is 2. The Bertz CT molecular complexity index is 1200. The number of piperidine rings is 1. The molecule has 8 heteroatoms. The van der Waals surface area contributed by atoms with E-state index in [1.807, 2.05) is 18.7 Å². The topological polar surface area (TPSA) is 76.5 Å². The molecule has 1 aromatic heterocycles. The summed E-state index contributed by atoms with van der Waals surface area (Å²) in [6.07, 6.45) is 4.89. The van der Waals surface area contributed by atoms with E-state index in [4.69, 9.17) is 4.74 Å². The van der Waals surface area contributed by atoms with Gasteiger partial charge in [-0.25, -0.2) is 9.07 Å². The smallest absolute Gasteiger partial charge is 0.260 e. The molecule has 2 heterocycles. The van der Waals surface area contributed by atoms with Gasteiger partial charge >= 0.3 is 0 Å². The van der Waals surface area contributed by atoms with Crippen molar-refractivity contribution in [2.75, 3.05) is 6.61 Å². The lowest BCUT2D eigenvalue weighted by Gasteiger charge is -2.38. The average Bonchev–Trinajstić information content (AvgIpc) is 3.24. The molecule has 36 heavy (non-hydrogen) atoms. The summed E-state index contributed by atoms with van der Waals surface area (Å²) >= 11 is 0. The molecule has 2 amide bonds. The van der Waals surface area contributed by atoms with Crippen LogP contribution >= 0.6 is 0 Å². The molecule has 0 spiro atoms. The number of nitrogens with one attached hydrogen (secondary N) is 1. The summed E-state index contributed by atoms with van der Waals surface area (Å²) in [6, 6.07) is 13.0. The quantitative estimate of drug-likeness (QED) is 0.505. The molecule has 0 radical (unpaired) electrons. The van der Waals surface area contributed by atoms with Gasteiger partial charge < -0.3 is 15.0 Å². The second kappa shape index (κ2) is 10.9. The Balaban J connectivity index is 1.34. The van der Waals surface area contributed by atoms with Crippen molar-refractivity contribution >= 4 is 11.8 Å². The zero-order valence-corrected chi connectivity index (χ0v) is 21.2. The molecular weight excluding hydrogens is 459 g/mol. The number of ether oxygens (including phenoxy) is 1. The Morgan fingerprint density at radius 2 is 1.72 bits per heavy atom. The molecule has 1 aliphatic rings. The largest absolute Gasteiger partial charge is 0.484 e. The van der Waals surface area contributed by atoms with Gasteiger partial charge in [0.25, 0.3) is 11.8 Å². The van der Waals surface area contributed by atoms with E-state index in [2.05, 4.69) is 24.3 Å². The van der Waals surface area contributed by atoms with E-state index in [0.29, 0.717) is 11.3 Å². The molecule has 0 bridgehead atoms. The van der Waals surface area contributed by atoms with Gasteiger partial charge in [0.15, 0.2) is 6.61 Å². The van der Waals surface area contributed by atoms with Crippen LogP contribution in [0.15, 0.2) is 54.7 Å². The Morgan fingerprint density at radius 3 is 2.36 bits per heavy atom. The fourth-order valence-corrected chi connectivity index (χ4v) is 4.88. The summed E-state index contributed by atoms with van der Waals surface area (Å²) in [4.78, 5) is 27.4. The maximum Gasteiger partial charge on any atom is 0.260 e. The molecule has 4 rings (SSSR count). The van der Waals surface area contributed by atoms with Crippen LogP contribution in [0.5, 0.6) is 5.75 Å². The monoisotopic (exact) mass is 492 g/mol. The molecule has 1 fully saturated rings. The Labute approximate surface area is 211 Å². The molecule has 7 nitrogen and oxygen atoms in total. The van der Waals surface area contributed by atoms with E-state index < -0.39 is 0 Å². The summed E-state index contributed by atoms with van der Waals surface area (Å²) < 4.78 is 20.7. The van der Waals surface area contributed by atoms with Gasteiger partial charge in [0.2, 0.25) is 0 Å². The Morgan fingerprint density at radius 1 is 1.08 bits per heavy atom. The molecule has 0 aliphatic carbocycles. The number of hydrogen-bond acceptors (Lipinski definition) is 4. The van der Waals surface area contributed by atoms with Crippen LogP contribution in [-0.4, -0.2) is 45.2 Å². The minimum absolute atomic E-state index is 0.0121. The summed E-state index contributed by atoms with van der Waals surface area (Å²) in [7, 11) is 0. The molecule has 3 atom stereocenters. The average molecular weight is 493 g/mol. The van der Waals surface area contributed by atoms with E-state index in [1.54, 1.807) is 47.3 Å². The Hall–Kier alpha value is -3.68. The highest BCUT2D eigenvalue weighted by molar-refractivity contribution is 5.94. The summed E-state index contributed by atoms with van der Waals surface area (Å²) in [6.45, 7) is 7.94. The molecule has 3 unspecified atom stereocenters. The number of hydrogen-bond donors (Lipinski definition) is 1. The fraction of sp³-hybridized carbons (Fsp3) is 0.393. The molecule has 1 N–H and O–H groups in total. The van der Waals surface area contributed by atoms with E-state index >= 15 is 0 Å². The summed E-state index contributed by atoms with van der Waals surface area (Å²) in [5, 5.41) is 7.40. The maximum atomic E-state index is 13.2. The predicted octanol–water partition coefficient (Wildman–Crippen LogP) is 4.98. The normalized spacial score (nSPS) is 18.5. The minimum atomic E-state index is -0.307. The standard InChI is InChI=1S/C28H33FN4O3/c1-18-6-5-7-19(2)32(18)27(34)17-36-25-14-8-22(9-15-25)28(35)31-20(3)26-16-30-33(21(26)4)24-12-10-23(29)11-13-24/h8-16,18-20H,5-7,17H2,1-4H3,(H,31,35). The van der Waals surface area contributed by atoms with Crippen LogP contribution in [0.2, 0.25) is 0 Å². The summed E-state index contributed by atoms with van der Waals surface area (Å²) in [5.41, 5.74) is 2.96. The van der Waals surface area contributed by atoms with Crippen LogP contribution in [-0.2, 0) is 4.79 Å². The molecule has 1 aliphatic heterocycles. The number of carbonyl (C=O) groups excluding carboxylic acids is 2. The molecular formula is C28H33FN4O3. The number of halogens is 1. The van der Waals surface area contributed by atoms with E-state index in [1.165, 1.54) is 12.1 Å². The number of benzene rings is 2. The number of amides is 2. The van der Waals surface area contributed by atoms with Crippen LogP contribution in [0.25, 0.3) is 5.69 Å². The molecule has 2 aromatic carbocycles. The molecule has 1 saturated heterocycles. The third kappa shape index (κ3) is 5.58. The maximum absolute atomic E-state index is 13.2. The van der Waals surface area contributed by atoms with Gasteiger partial charge in [0.05, 0.1) is 17.9 Å². The number of rotatable bonds is 7. The first-order valence-corrected chi connectivity index (χ1v) is 12.4. The van der Waals surface area contributed by atoms with Crippen molar-refractivity contribution in [3.8, 4) is 11.4 Å². The second-order valence-corrected chi connectivity index (χ2v) is 9.51. The van der Waals surface area contributed by atoms with Crippen LogP contribution in [0.3, 0.4) is 0 Å². The van der Waals surface area contributed by atoms with Gasteiger partial charge in [-0.15, -0.1) is 0 Å². The third-order valence-electron chi connectivity index (χ3n) is 6.89. The highest BCUT2D eigenvalue weighted by atomic mass is 19.1. The van der Waals surface area contributed by atoms with E-state index in [-0.39, 0.29) is 42.4 Å². The lowest BCUT2D eigenvalue weighted by atomic mass is 9.97. The van der Waals surface area contributed by atoms with Crippen molar-refractivity contribution in [2.45, 2.75) is 65.1 Å². The molecule has 0 saturated carbocycles. The lowest BCUT2D eigenvalue weighted by molar-refractivity contribution is -0.139. The third-order valence-corrected chi connectivity index (χ3v) is 6.89. The van der Waals surface area contributed by atoms with Crippen LogP contribution < -0.4 is 10.1 Å². The van der Waals surface area contributed by atoms with Crippen LogP contribution in [0.1, 0.15) is 67.7 Å². The Kier molecular flexibility index (Phi) is 7.72. The first-order chi connectivity index (χ1) is 17.2. The second-order valence-electron chi connectivity index (χ2n) is 9.51. The van der Waals surface area contributed by atoms with Gasteiger partial charge in [-0.2, -0.15) is 5.10 Å². The number of likely N-dealkylation sites (tertiary alicyclic amines) is 1. The van der Waals surface area contributed by atoms with Crippen molar-refractivity contribution in [2.24, 2.45) is 0 Å². The van der Waals surface area contributed by atoms with E-state index in [0.717, 1.165) is 36.2 Å². The van der Waals surface area contributed by atoms with E-state index in [9.17, 15) is 14.0 Å².